The summed E-state index contributed by atoms with van der Waals surface area (Å²) in [7, 11) is 3.05. The van der Waals surface area contributed by atoms with Crippen LogP contribution in [0.5, 0.6) is 0 Å². The Morgan fingerprint density at radius 1 is 0.929 bits per heavy atom. The summed E-state index contributed by atoms with van der Waals surface area (Å²) in [6.07, 6.45) is 18.5. The van der Waals surface area contributed by atoms with E-state index in [1.807, 2.05) is 13.8 Å². The Hall–Kier alpha value is -0.910. The molecule has 1 unspecified atom stereocenters. The number of methoxy groups -OCH3 is 2. The van der Waals surface area contributed by atoms with Crippen LogP contribution in [0.15, 0.2) is 12.2 Å². The average molecular weight is 401 g/mol. The van der Waals surface area contributed by atoms with Crippen molar-refractivity contribution in [3.05, 3.63) is 12.2 Å². The van der Waals surface area contributed by atoms with Gasteiger partial charge in [-0.25, -0.2) is 9.78 Å². The second-order valence-corrected chi connectivity index (χ2v) is 7.84. The van der Waals surface area contributed by atoms with Crippen molar-refractivity contribution in [2.75, 3.05) is 14.2 Å². The molecule has 0 spiro atoms. The van der Waals surface area contributed by atoms with Crippen LogP contribution in [0, 0.1) is 0 Å². The Labute approximate surface area is 173 Å². The number of carbonyl (C=O) groups is 1. The Morgan fingerprint density at radius 2 is 1.57 bits per heavy atom. The molecule has 28 heavy (non-hydrogen) atoms. The van der Waals surface area contributed by atoms with E-state index in [4.69, 9.17) is 14.5 Å². The van der Waals surface area contributed by atoms with Crippen molar-refractivity contribution in [2.45, 2.75) is 116 Å². The molecule has 0 aromatic carbocycles. The van der Waals surface area contributed by atoms with Gasteiger partial charge in [0.25, 0.3) is 0 Å². The van der Waals surface area contributed by atoms with Gasteiger partial charge < -0.3 is 9.47 Å². The smallest absolute Gasteiger partial charge is 0.305 e. The summed E-state index contributed by atoms with van der Waals surface area (Å²) in [5.74, 6) is -0.869. The minimum atomic E-state index is -0.750. The highest BCUT2D eigenvalue weighted by Crippen LogP contribution is 2.17. The van der Waals surface area contributed by atoms with Crippen molar-refractivity contribution in [1.29, 1.82) is 0 Å². The van der Waals surface area contributed by atoms with E-state index in [1.54, 1.807) is 7.11 Å². The zero-order chi connectivity index (χ0) is 21.1. The second kappa shape index (κ2) is 18.1. The number of hydrogen-bond donors (Lipinski definition) is 0. The van der Waals surface area contributed by atoms with Crippen LogP contribution in [-0.4, -0.2) is 32.1 Å². The molecule has 5 heteroatoms. The Balaban J connectivity index is 4.10. The van der Waals surface area contributed by atoms with Crippen LogP contribution in [0.2, 0.25) is 0 Å². The summed E-state index contributed by atoms with van der Waals surface area (Å²) in [6, 6.07) is 0. The maximum Gasteiger partial charge on any atom is 0.305 e. The van der Waals surface area contributed by atoms with Crippen molar-refractivity contribution in [1.82, 2.24) is 0 Å². The molecule has 0 heterocycles. The SMILES string of the molecule is CCCCCCC/C=C/C(CCCCCCCC(=O)OC)OOC(C)(C)OC. The first-order valence-electron chi connectivity index (χ1n) is 11.1. The number of carbonyl (C=O) groups excluding carboxylic acids is 1. The summed E-state index contributed by atoms with van der Waals surface area (Å²) in [5, 5.41) is 0. The van der Waals surface area contributed by atoms with Gasteiger partial charge in [0.1, 0.15) is 6.10 Å². The highest BCUT2D eigenvalue weighted by atomic mass is 17.2. The summed E-state index contributed by atoms with van der Waals surface area (Å²) < 4.78 is 9.92. The van der Waals surface area contributed by atoms with E-state index >= 15 is 0 Å². The molecule has 0 N–H and O–H groups in total. The topological polar surface area (TPSA) is 54.0 Å². The third-order valence-electron chi connectivity index (χ3n) is 4.79. The molecule has 0 aliphatic heterocycles. The maximum absolute atomic E-state index is 11.1. The first-order valence-corrected chi connectivity index (χ1v) is 11.1. The summed E-state index contributed by atoms with van der Waals surface area (Å²) in [4.78, 5) is 22.2. The van der Waals surface area contributed by atoms with Crippen LogP contribution in [0.25, 0.3) is 0 Å². The molecule has 0 aliphatic rings. The van der Waals surface area contributed by atoms with E-state index in [-0.39, 0.29) is 12.1 Å². The standard InChI is InChI=1S/C23H44O5/c1-6-7-8-9-10-12-15-18-21(27-28-23(2,3)26-5)19-16-13-11-14-17-20-22(24)25-4/h15,18,21H,6-14,16-17,19-20H2,1-5H3/b18-15+. The molecule has 0 amide bonds. The Morgan fingerprint density at radius 3 is 2.25 bits per heavy atom. The van der Waals surface area contributed by atoms with Crippen LogP contribution in [0.4, 0.5) is 0 Å². The summed E-state index contributed by atoms with van der Waals surface area (Å²) in [6.45, 7) is 5.91. The third kappa shape index (κ3) is 17.2. The average Bonchev–Trinajstić information content (AvgIpc) is 2.69. The lowest BCUT2D eigenvalue weighted by Gasteiger charge is -2.24. The van der Waals surface area contributed by atoms with Gasteiger partial charge in [0.05, 0.1) is 7.11 Å². The molecule has 166 valence electrons. The maximum atomic E-state index is 11.1. The molecule has 0 saturated heterocycles. The molecule has 0 aromatic rings. The van der Waals surface area contributed by atoms with E-state index in [1.165, 1.54) is 39.2 Å². The van der Waals surface area contributed by atoms with Gasteiger partial charge in [0, 0.05) is 13.5 Å². The zero-order valence-electron chi connectivity index (χ0n) is 19.0. The van der Waals surface area contributed by atoms with Crippen molar-refractivity contribution in [3.8, 4) is 0 Å². The Kier molecular flexibility index (Phi) is 17.6. The fraction of sp³-hybridized carbons (Fsp3) is 0.870. The number of ether oxygens (including phenoxy) is 2. The summed E-state index contributed by atoms with van der Waals surface area (Å²) in [5.41, 5.74) is 0. The van der Waals surface area contributed by atoms with Crippen molar-refractivity contribution >= 4 is 5.97 Å². The lowest BCUT2D eigenvalue weighted by molar-refractivity contribution is -0.425. The first kappa shape index (κ1) is 27.1. The molecule has 0 bridgehead atoms. The van der Waals surface area contributed by atoms with Gasteiger partial charge in [-0.05, 0) is 39.5 Å². The van der Waals surface area contributed by atoms with Gasteiger partial charge >= 0.3 is 5.97 Å². The van der Waals surface area contributed by atoms with Gasteiger partial charge in [0.2, 0.25) is 0 Å². The predicted octanol–water partition coefficient (Wildman–Crippen LogP) is 6.51. The van der Waals surface area contributed by atoms with Gasteiger partial charge in [-0.2, -0.15) is 0 Å². The highest BCUT2D eigenvalue weighted by Gasteiger charge is 2.20. The monoisotopic (exact) mass is 400 g/mol. The van der Waals surface area contributed by atoms with Gasteiger partial charge in [0.15, 0.2) is 5.79 Å². The van der Waals surface area contributed by atoms with Crippen LogP contribution in [0.3, 0.4) is 0 Å². The van der Waals surface area contributed by atoms with E-state index in [9.17, 15) is 4.79 Å². The third-order valence-corrected chi connectivity index (χ3v) is 4.79. The molecule has 0 radical (unpaired) electrons. The van der Waals surface area contributed by atoms with E-state index < -0.39 is 5.79 Å². The molecule has 1 atom stereocenters. The fourth-order valence-electron chi connectivity index (χ4n) is 2.75. The van der Waals surface area contributed by atoms with Crippen LogP contribution in [-0.2, 0) is 24.0 Å². The first-order chi connectivity index (χ1) is 13.4. The molecule has 0 aromatic heterocycles. The normalized spacial score (nSPS) is 13.2. The van der Waals surface area contributed by atoms with Crippen LogP contribution < -0.4 is 0 Å². The van der Waals surface area contributed by atoms with E-state index in [0.29, 0.717) is 6.42 Å². The van der Waals surface area contributed by atoms with Gasteiger partial charge in [-0.1, -0.05) is 70.4 Å². The summed E-state index contributed by atoms with van der Waals surface area (Å²) >= 11 is 0. The lowest BCUT2D eigenvalue weighted by atomic mass is 10.1. The molecule has 0 fully saturated rings. The number of unbranched alkanes of at least 4 members (excludes halogenated alkanes) is 9. The number of esters is 1. The predicted molar refractivity (Wildman–Crippen MR) is 114 cm³/mol. The quantitative estimate of drug-likeness (QED) is 0.0618. The molecular formula is C23H44O5. The minimum Gasteiger partial charge on any atom is -0.469 e. The molecule has 5 nitrogen and oxygen atoms in total. The van der Waals surface area contributed by atoms with Crippen molar-refractivity contribution in [3.63, 3.8) is 0 Å². The number of rotatable bonds is 19. The molecule has 0 rings (SSSR count). The molecular weight excluding hydrogens is 356 g/mol. The lowest BCUT2D eigenvalue weighted by Crippen LogP contribution is -2.29. The largest absolute Gasteiger partial charge is 0.469 e. The molecule has 0 saturated carbocycles. The fourth-order valence-corrected chi connectivity index (χ4v) is 2.75. The second-order valence-electron chi connectivity index (χ2n) is 7.84. The number of hydrogen-bond acceptors (Lipinski definition) is 5. The Bertz CT molecular complexity index is 392. The van der Waals surface area contributed by atoms with E-state index in [2.05, 4.69) is 23.8 Å². The number of allylic oxidation sites excluding steroid dienone is 1. The molecule has 0 aliphatic carbocycles. The van der Waals surface area contributed by atoms with Gasteiger partial charge in [-0.3, -0.25) is 4.79 Å². The van der Waals surface area contributed by atoms with Crippen LogP contribution >= 0.6 is 0 Å². The zero-order valence-corrected chi connectivity index (χ0v) is 19.0. The highest BCUT2D eigenvalue weighted by molar-refractivity contribution is 5.68. The van der Waals surface area contributed by atoms with Gasteiger partial charge in [-0.15, -0.1) is 0 Å². The van der Waals surface area contributed by atoms with Crippen molar-refractivity contribution in [2.24, 2.45) is 0 Å². The van der Waals surface area contributed by atoms with Crippen LogP contribution in [0.1, 0.15) is 104 Å². The van der Waals surface area contributed by atoms with Crippen molar-refractivity contribution < 1.29 is 24.0 Å². The minimum absolute atomic E-state index is 0.0554. The van der Waals surface area contributed by atoms with E-state index in [0.717, 1.165) is 44.9 Å².